The van der Waals surface area contributed by atoms with Gasteiger partial charge in [0.1, 0.15) is 18.3 Å². The normalized spacial score (nSPS) is 14.3. The quantitative estimate of drug-likeness (QED) is 0.137. The number of aliphatic hydroxyl groups excluding tert-OH is 1. The summed E-state index contributed by atoms with van der Waals surface area (Å²) >= 11 is 0. The minimum atomic E-state index is -2.56. The van der Waals surface area contributed by atoms with Crippen LogP contribution in [0.4, 0.5) is 5.69 Å². The second kappa shape index (κ2) is 13.9. The smallest absolute Gasteiger partial charge is 0.269 e. The Morgan fingerprint density at radius 1 is 0.900 bits per heavy atom. The van der Waals surface area contributed by atoms with Gasteiger partial charge in [-0.3, -0.25) is 14.9 Å². The zero-order chi connectivity index (χ0) is 29.3. The number of nitrogens with zero attached hydrogens (tertiary/aromatic N) is 1. The number of benzene rings is 3. The van der Waals surface area contributed by atoms with Crippen LogP contribution in [0.2, 0.25) is 18.1 Å². The highest BCUT2D eigenvalue weighted by atomic mass is 28.4. The van der Waals surface area contributed by atoms with Gasteiger partial charge in [0.05, 0.1) is 24.7 Å². The molecule has 0 fully saturated rings. The van der Waals surface area contributed by atoms with Crippen molar-refractivity contribution in [2.24, 2.45) is 0 Å². The van der Waals surface area contributed by atoms with Gasteiger partial charge < -0.3 is 19.0 Å². The van der Waals surface area contributed by atoms with Gasteiger partial charge in [0.25, 0.3) is 5.69 Å². The van der Waals surface area contributed by atoms with Gasteiger partial charge in [0.15, 0.2) is 14.1 Å². The molecule has 1 unspecified atom stereocenters. The Kier molecular flexibility index (Phi) is 10.9. The minimum absolute atomic E-state index is 0.0368. The maximum absolute atomic E-state index is 14.1. The summed E-state index contributed by atoms with van der Waals surface area (Å²) in [4.78, 5) is 24.8. The van der Waals surface area contributed by atoms with Crippen LogP contribution in [0, 0.1) is 10.1 Å². The number of hydrogen-bond donors (Lipinski definition) is 1. The lowest BCUT2D eigenvalue weighted by Gasteiger charge is -2.40. The molecule has 3 aromatic rings. The van der Waals surface area contributed by atoms with Gasteiger partial charge in [0.2, 0.25) is 0 Å². The van der Waals surface area contributed by atoms with Crippen LogP contribution in [0.25, 0.3) is 0 Å². The predicted molar refractivity (Wildman–Crippen MR) is 156 cm³/mol. The lowest BCUT2D eigenvalue weighted by molar-refractivity contribution is -0.384. The first-order chi connectivity index (χ1) is 18.9. The molecule has 0 aliphatic heterocycles. The Hall–Kier alpha value is -3.21. The topological polar surface area (TPSA) is 108 Å². The van der Waals surface area contributed by atoms with Crippen LogP contribution in [0.1, 0.15) is 43.6 Å². The van der Waals surface area contributed by atoms with E-state index in [0.29, 0.717) is 5.56 Å². The number of Topliss-reactive ketones (excluding diaryl/α,β-unsaturated/α-hetero) is 1. The Balaban J connectivity index is 1.90. The largest absolute Gasteiger partial charge is 0.404 e. The summed E-state index contributed by atoms with van der Waals surface area (Å²) in [5.74, 6) is -0.445. The van der Waals surface area contributed by atoms with Gasteiger partial charge in [0, 0.05) is 12.1 Å². The summed E-state index contributed by atoms with van der Waals surface area (Å²) in [5, 5.41) is 22.4. The van der Waals surface area contributed by atoms with Crippen LogP contribution < -0.4 is 0 Å². The Labute approximate surface area is 237 Å². The number of carbonyl (C=O) groups excluding carboxylic acids is 1. The lowest BCUT2D eigenvalue weighted by Crippen LogP contribution is -2.51. The molecule has 3 aromatic carbocycles. The monoisotopic (exact) mass is 565 g/mol. The molecule has 3 atom stereocenters. The average molecular weight is 566 g/mol. The molecule has 40 heavy (non-hydrogen) atoms. The van der Waals surface area contributed by atoms with Gasteiger partial charge in [-0.15, -0.1) is 0 Å². The van der Waals surface area contributed by atoms with E-state index < -0.39 is 37.3 Å². The van der Waals surface area contributed by atoms with E-state index in [1.54, 1.807) is 0 Å². The maximum Gasteiger partial charge on any atom is 0.269 e. The summed E-state index contributed by atoms with van der Waals surface area (Å²) in [6.07, 6.45) is -3.64. The van der Waals surface area contributed by atoms with Crippen molar-refractivity contribution in [3.8, 4) is 0 Å². The van der Waals surface area contributed by atoms with Crippen LogP contribution in [0.5, 0.6) is 0 Å². The van der Waals surface area contributed by atoms with Gasteiger partial charge in [-0.1, -0.05) is 81.4 Å². The Bertz CT molecular complexity index is 1230. The maximum atomic E-state index is 14.1. The van der Waals surface area contributed by atoms with E-state index in [2.05, 4.69) is 0 Å². The molecule has 3 rings (SSSR count). The van der Waals surface area contributed by atoms with Crippen LogP contribution in [0.3, 0.4) is 0 Å². The summed E-state index contributed by atoms with van der Waals surface area (Å²) in [6, 6.07) is 24.6. The molecule has 0 amide bonds. The summed E-state index contributed by atoms with van der Waals surface area (Å²) < 4.78 is 18.6. The number of nitro groups is 1. The molecular weight excluding hydrogens is 526 g/mol. The third-order valence-electron chi connectivity index (χ3n) is 7.23. The first-order valence-electron chi connectivity index (χ1n) is 13.3. The first kappa shape index (κ1) is 31.3. The highest BCUT2D eigenvalue weighted by Gasteiger charge is 2.44. The van der Waals surface area contributed by atoms with E-state index >= 15 is 0 Å². The van der Waals surface area contributed by atoms with E-state index in [1.807, 2.05) is 94.5 Å². The Morgan fingerprint density at radius 2 is 1.43 bits per heavy atom. The van der Waals surface area contributed by atoms with Crippen molar-refractivity contribution in [1.82, 2.24) is 0 Å². The van der Waals surface area contributed by atoms with Crippen molar-refractivity contribution in [3.05, 3.63) is 112 Å². The fraction of sp³-hybridized carbons (Fsp3) is 0.387. The summed E-state index contributed by atoms with van der Waals surface area (Å²) in [7, 11) is -2.56. The standard InChI is InChI=1S/C31H39NO7Si/c1-31(2,3)40(4,5)39-30(28(33)25-16-18-26(19-17-25)32(35)36)29(34)27(38-21-24-14-10-7-11-15-24)22-37-20-23-12-8-6-9-13-23/h6-19,27-28,30,33H,20-22H2,1-5H3/t27-,28?,30+/m0/s1. The third-order valence-corrected chi connectivity index (χ3v) is 11.7. The summed E-state index contributed by atoms with van der Waals surface area (Å²) in [5.41, 5.74) is 2.08. The zero-order valence-electron chi connectivity index (χ0n) is 23.8. The summed E-state index contributed by atoms with van der Waals surface area (Å²) in [6.45, 7) is 10.6. The molecule has 0 bridgehead atoms. The van der Waals surface area contributed by atoms with E-state index in [0.717, 1.165) is 11.1 Å². The highest BCUT2D eigenvalue weighted by Crippen LogP contribution is 2.39. The SMILES string of the molecule is CC(C)(C)[Si](C)(C)O[C@@H](C(=O)[C@H](COCc1ccccc1)OCc1ccccc1)C(O)c1ccc([N+](=O)[O-])cc1. The van der Waals surface area contributed by atoms with Gasteiger partial charge in [-0.25, -0.2) is 0 Å². The lowest BCUT2D eigenvalue weighted by atomic mass is 9.98. The predicted octanol–water partition coefficient (Wildman–Crippen LogP) is 6.39. The van der Waals surface area contributed by atoms with Gasteiger partial charge in [-0.05, 0) is 47.0 Å². The van der Waals surface area contributed by atoms with Crippen LogP contribution in [0.15, 0.2) is 84.9 Å². The van der Waals surface area contributed by atoms with Crippen molar-refractivity contribution in [2.45, 2.75) is 70.4 Å². The molecular formula is C31H39NO7Si. The molecule has 8 nitrogen and oxygen atoms in total. The van der Waals surface area contributed by atoms with Crippen molar-refractivity contribution in [2.75, 3.05) is 6.61 Å². The van der Waals surface area contributed by atoms with Crippen molar-refractivity contribution < 1.29 is 28.7 Å². The molecule has 0 aliphatic rings. The number of carbonyl (C=O) groups is 1. The number of non-ortho nitro benzene ring substituents is 1. The van der Waals surface area contributed by atoms with Crippen molar-refractivity contribution >= 4 is 19.8 Å². The minimum Gasteiger partial charge on any atom is -0.404 e. The van der Waals surface area contributed by atoms with E-state index in [1.165, 1.54) is 24.3 Å². The van der Waals surface area contributed by atoms with Gasteiger partial charge in [-0.2, -0.15) is 0 Å². The molecule has 9 heteroatoms. The van der Waals surface area contributed by atoms with Crippen LogP contribution >= 0.6 is 0 Å². The van der Waals surface area contributed by atoms with E-state index in [4.69, 9.17) is 13.9 Å². The van der Waals surface area contributed by atoms with Crippen molar-refractivity contribution in [3.63, 3.8) is 0 Å². The second-order valence-corrected chi connectivity index (χ2v) is 16.0. The molecule has 0 aliphatic carbocycles. The molecule has 1 N–H and O–H groups in total. The molecule has 0 heterocycles. The second-order valence-electron chi connectivity index (χ2n) is 11.3. The van der Waals surface area contributed by atoms with Gasteiger partial charge >= 0.3 is 0 Å². The molecule has 0 radical (unpaired) electrons. The molecule has 214 valence electrons. The van der Waals surface area contributed by atoms with E-state index in [-0.39, 0.29) is 30.5 Å². The highest BCUT2D eigenvalue weighted by molar-refractivity contribution is 6.74. The zero-order valence-corrected chi connectivity index (χ0v) is 24.8. The fourth-order valence-corrected chi connectivity index (χ4v) is 5.00. The van der Waals surface area contributed by atoms with Crippen LogP contribution in [-0.4, -0.2) is 42.9 Å². The number of nitro benzene ring substituents is 1. The molecule has 0 saturated carbocycles. The molecule has 0 saturated heterocycles. The average Bonchev–Trinajstić information content (AvgIpc) is 2.93. The molecule has 0 aromatic heterocycles. The first-order valence-corrected chi connectivity index (χ1v) is 16.2. The number of rotatable bonds is 14. The molecule has 0 spiro atoms. The Morgan fingerprint density at radius 3 is 1.93 bits per heavy atom. The van der Waals surface area contributed by atoms with Crippen LogP contribution in [-0.2, 0) is 31.9 Å². The van der Waals surface area contributed by atoms with Crippen molar-refractivity contribution in [1.29, 1.82) is 0 Å². The number of ketones is 1. The number of aliphatic hydroxyl groups is 1. The van der Waals surface area contributed by atoms with E-state index in [9.17, 15) is 20.0 Å². The fourth-order valence-electron chi connectivity index (χ4n) is 3.77. The number of hydrogen-bond acceptors (Lipinski definition) is 7. The number of ether oxygens (including phenoxy) is 2. The third kappa shape index (κ3) is 8.64.